The van der Waals surface area contributed by atoms with Crippen LogP contribution in [-0.4, -0.2) is 9.77 Å². The average molecular weight is 240 g/mol. The fourth-order valence-corrected chi connectivity index (χ4v) is 2.64. The topological polar surface area (TPSA) is 37.2 Å². The van der Waals surface area contributed by atoms with Gasteiger partial charge in [0.05, 0.1) is 0 Å². The molecule has 1 heterocycles. The number of rotatable bonds is 3. The van der Waals surface area contributed by atoms with Crippen molar-refractivity contribution in [3.05, 3.63) is 48.0 Å². The zero-order valence-corrected chi connectivity index (χ0v) is 10.4. The molecule has 3 rings (SSSR count). The second-order valence-corrected chi connectivity index (χ2v) is 4.45. The summed E-state index contributed by atoms with van der Waals surface area (Å²) >= 11 is 0. The zero-order valence-electron chi connectivity index (χ0n) is 10.4. The van der Waals surface area contributed by atoms with Crippen molar-refractivity contribution in [2.45, 2.75) is 20.0 Å². The number of aromatic nitrogens is 1. The highest BCUT2D eigenvalue weighted by Gasteiger charge is 2.09. The van der Waals surface area contributed by atoms with Gasteiger partial charge in [-0.2, -0.15) is 0 Å². The quantitative estimate of drug-likeness (QED) is 0.689. The lowest BCUT2D eigenvalue weighted by atomic mass is 10.1. The molecule has 3 nitrogen and oxygen atoms in total. The molecule has 1 aromatic heterocycles. The summed E-state index contributed by atoms with van der Waals surface area (Å²) in [5, 5.41) is 11.3. The number of fused-ring (bicyclic) bond motifs is 3. The number of hydroxylamine groups is 1. The monoisotopic (exact) mass is 240 g/mol. The fraction of sp³-hybridized carbons (Fsp3) is 0.200. The lowest BCUT2D eigenvalue weighted by molar-refractivity contribution is 0.161. The van der Waals surface area contributed by atoms with Crippen LogP contribution in [0.3, 0.4) is 0 Å². The van der Waals surface area contributed by atoms with E-state index in [-0.39, 0.29) is 0 Å². The van der Waals surface area contributed by atoms with Gasteiger partial charge in [0.25, 0.3) is 0 Å². The first-order valence-corrected chi connectivity index (χ1v) is 6.22. The molecule has 18 heavy (non-hydrogen) atoms. The van der Waals surface area contributed by atoms with E-state index in [0.29, 0.717) is 6.54 Å². The van der Waals surface area contributed by atoms with Crippen molar-refractivity contribution >= 4 is 21.8 Å². The third-order valence-corrected chi connectivity index (χ3v) is 3.44. The molecule has 0 aliphatic rings. The van der Waals surface area contributed by atoms with Crippen molar-refractivity contribution in [3.8, 4) is 0 Å². The van der Waals surface area contributed by atoms with E-state index in [1.54, 1.807) is 0 Å². The van der Waals surface area contributed by atoms with Gasteiger partial charge in [-0.15, -0.1) is 0 Å². The normalized spacial score (nSPS) is 11.4. The highest BCUT2D eigenvalue weighted by atomic mass is 16.5. The molecule has 3 heteroatoms. The predicted octanol–water partition coefficient (Wildman–Crippen LogP) is 3.29. The number of nitrogens with zero attached hydrogens (tertiary/aromatic N) is 1. The van der Waals surface area contributed by atoms with Crippen molar-refractivity contribution in [3.63, 3.8) is 0 Å². The Morgan fingerprint density at radius 2 is 1.83 bits per heavy atom. The Balaban J connectivity index is 2.37. The Labute approximate surface area is 106 Å². The maximum Gasteiger partial charge on any atom is 0.0491 e. The first-order chi connectivity index (χ1) is 8.85. The molecule has 0 unspecified atom stereocenters. The van der Waals surface area contributed by atoms with Gasteiger partial charge in [0.1, 0.15) is 0 Å². The molecular weight excluding hydrogens is 224 g/mol. The summed E-state index contributed by atoms with van der Waals surface area (Å²) in [6.07, 6.45) is 0. The second kappa shape index (κ2) is 4.44. The Hall–Kier alpha value is -1.84. The van der Waals surface area contributed by atoms with Crippen LogP contribution in [0, 0.1) is 0 Å². The van der Waals surface area contributed by atoms with Gasteiger partial charge in [-0.25, -0.2) is 5.48 Å². The Morgan fingerprint density at radius 3 is 2.61 bits per heavy atom. The number of benzene rings is 2. The minimum Gasteiger partial charge on any atom is -0.341 e. The molecule has 0 saturated heterocycles. The summed E-state index contributed by atoms with van der Waals surface area (Å²) in [5.74, 6) is 0. The number of hydrogen-bond acceptors (Lipinski definition) is 2. The number of para-hydroxylation sites is 1. The maximum atomic E-state index is 8.80. The van der Waals surface area contributed by atoms with Gasteiger partial charge in [-0.3, -0.25) is 0 Å². The summed E-state index contributed by atoms with van der Waals surface area (Å²) in [6.45, 7) is 3.60. The first-order valence-electron chi connectivity index (χ1n) is 6.22. The minimum atomic E-state index is 0.474. The highest BCUT2D eigenvalue weighted by molar-refractivity contribution is 6.08. The molecule has 0 saturated carbocycles. The Morgan fingerprint density at radius 1 is 1.06 bits per heavy atom. The van der Waals surface area contributed by atoms with E-state index in [1.807, 2.05) is 0 Å². The van der Waals surface area contributed by atoms with Crippen LogP contribution < -0.4 is 5.48 Å². The number of aryl methyl sites for hydroxylation is 1. The van der Waals surface area contributed by atoms with Gasteiger partial charge in [-0.1, -0.05) is 24.3 Å². The van der Waals surface area contributed by atoms with Crippen molar-refractivity contribution in [2.24, 2.45) is 0 Å². The lowest BCUT2D eigenvalue weighted by Gasteiger charge is -2.03. The van der Waals surface area contributed by atoms with Crippen LogP contribution in [0.15, 0.2) is 42.5 Å². The van der Waals surface area contributed by atoms with Crippen LogP contribution in [0.25, 0.3) is 21.8 Å². The van der Waals surface area contributed by atoms with Crippen molar-refractivity contribution < 1.29 is 5.21 Å². The van der Waals surface area contributed by atoms with E-state index in [2.05, 4.69) is 59.4 Å². The summed E-state index contributed by atoms with van der Waals surface area (Å²) in [6, 6.07) is 14.8. The first kappa shape index (κ1) is 11.3. The molecule has 2 aromatic carbocycles. The summed E-state index contributed by atoms with van der Waals surface area (Å²) < 4.78 is 2.32. The van der Waals surface area contributed by atoms with Crippen molar-refractivity contribution in [2.75, 3.05) is 0 Å². The molecule has 0 amide bonds. The van der Waals surface area contributed by atoms with Gasteiger partial charge in [-0.05, 0) is 30.7 Å². The summed E-state index contributed by atoms with van der Waals surface area (Å²) in [7, 11) is 0. The summed E-state index contributed by atoms with van der Waals surface area (Å²) in [4.78, 5) is 0. The average Bonchev–Trinajstić information content (AvgIpc) is 2.72. The van der Waals surface area contributed by atoms with Gasteiger partial charge in [0, 0.05) is 34.9 Å². The molecular formula is C15H16N2O. The van der Waals surface area contributed by atoms with Crippen molar-refractivity contribution in [1.82, 2.24) is 10.0 Å². The largest absolute Gasteiger partial charge is 0.341 e. The van der Waals surface area contributed by atoms with Gasteiger partial charge >= 0.3 is 0 Å². The van der Waals surface area contributed by atoms with Crippen LogP contribution in [0.1, 0.15) is 12.5 Å². The molecule has 0 bridgehead atoms. The molecule has 0 atom stereocenters. The lowest BCUT2D eigenvalue weighted by Crippen LogP contribution is -2.05. The molecule has 92 valence electrons. The van der Waals surface area contributed by atoms with Gasteiger partial charge < -0.3 is 9.77 Å². The van der Waals surface area contributed by atoms with Crippen LogP contribution in [-0.2, 0) is 13.1 Å². The second-order valence-electron chi connectivity index (χ2n) is 4.45. The summed E-state index contributed by atoms with van der Waals surface area (Å²) in [5.41, 5.74) is 5.82. The van der Waals surface area contributed by atoms with Gasteiger partial charge in [0.2, 0.25) is 0 Å². The van der Waals surface area contributed by atoms with Gasteiger partial charge in [0.15, 0.2) is 0 Å². The van der Waals surface area contributed by atoms with E-state index in [0.717, 1.165) is 12.1 Å². The maximum absolute atomic E-state index is 8.80. The fourth-order valence-electron chi connectivity index (χ4n) is 2.64. The molecule has 2 N–H and O–H groups in total. The number of nitrogens with one attached hydrogen (secondary N) is 1. The highest BCUT2D eigenvalue weighted by Crippen LogP contribution is 2.29. The van der Waals surface area contributed by atoms with Crippen molar-refractivity contribution in [1.29, 1.82) is 0 Å². The molecule has 0 aliphatic carbocycles. The Kier molecular flexibility index (Phi) is 2.78. The Bertz CT molecular complexity index is 700. The molecule has 0 radical (unpaired) electrons. The molecule has 0 aliphatic heterocycles. The van der Waals surface area contributed by atoms with E-state index in [4.69, 9.17) is 5.21 Å². The van der Waals surface area contributed by atoms with E-state index in [9.17, 15) is 0 Å². The molecule has 0 fully saturated rings. The van der Waals surface area contributed by atoms with Crippen LogP contribution in [0.2, 0.25) is 0 Å². The molecule has 3 aromatic rings. The van der Waals surface area contributed by atoms with Crippen LogP contribution in [0.4, 0.5) is 0 Å². The smallest absolute Gasteiger partial charge is 0.0491 e. The third kappa shape index (κ3) is 1.60. The van der Waals surface area contributed by atoms with E-state index >= 15 is 0 Å². The SMILES string of the molecule is CCn1c2ccccc2c2cc(CNO)ccc21. The predicted molar refractivity (Wildman–Crippen MR) is 73.7 cm³/mol. The van der Waals surface area contributed by atoms with E-state index in [1.165, 1.54) is 21.8 Å². The minimum absolute atomic E-state index is 0.474. The molecule has 0 spiro atoms. The number of hydrogen-bond donors (Lipinski definition) is 2. The van der Waals surface area contributed by atoms with Crippen LogP contribution in [0.5, 0.6) is 0 Å². The van der Waals surface area contributed by atoms with Crippen LogP contribution >= 0.6 is 0 Å². The third-order valence-electron chi connectivity index (χ3n) is 3.44. The standard InChI is InChI=1S/C15H16N2O/c1-2-17-14-6-4-3-5-12(14)13-9-11(10-16-18)7-8-15(13)17/h3-9,16,18H,2,10H2,1H3. The van der Waals surface area contributed by atoms with E-state index < -0.39 is 0 Å². The zero-order chi connectivity index (χ0) is 12.5.